The zero-order valence-electron chi connectivity index (χ0n) is 26.5. The number of aryl methyl sites for hydroxylation is 2. The molecule has 1 unspecified atom stereocenters. The molecule has 0 saturated heterocycles. The summed E-state index contributed by atoms with van der Waals surface area (Å²) in [7, 11) is -1.73. The molecular formula is C36H45FIrNO2Si-. The van der Waals surface area contributed by atoms with Gasteiger partial charge in [0.05, 0.1) is 13.8 Å². The van der Waals surface area contributed by atoms with E-state index in [0.717, 1.165) is 57.4 Å². The molecule has 0 spiro atoms. The van der Waals surface area contributed by atoms with Gasteiger partial charge in [-0.25, -0.2) is 4.39 Å². The van der Waals surface area contributed by atoms with E-state index in [4.69, 9.17) is 0 Å². The predicted octanol–water partition coefficient (Wildman–Crippen LogP) is 9.63. The van der Waals surface area contributed by atoms with Gasteiger partial charge in [-0.05, 0) is 52.4 Å². The van der Waals surface area contributed by atoms with Gasteiger partial charge in [0.15, 0.2) is 5.78 Å². The van der Waals surface area contributed by atoms with Gasteiger partial charge >= 0.3 is 0 Å². The Kier molecular flexibility index (Phi) is 12.8. The summed E-state index contributed by atoms with van der Waals surface area (Å²) in [5, 5.41) is 14.3. The number of benzene rings is 3. The van der Waals surface area contributed by atoms with Gasteiger partial charge in [-0.3, -0.25) is 4.79 Å². The van der Waals surface area contributed by atoms with E-state index in [1.807, 2.05) is 65.1 Å². The van der Waals surface area contributed by atoms with E-state index in [2.05, 4.69) is 55.8 Å². The number of hydrogen-bond acceptors (Lipinski definition) is 3. The van der Waals surface area contributed by atoms with Crippen LogP contribution in [-0.2, 0) is 24.9 Å². The molecule has 0 fully saturated rings. The van der Waals surface area contributed by atoms with Crippen molar-refractivity contribution in [3.63, 3.8) is 0 Å². The number of aliphatic hydroxyl groups is 1. The maximum absolute atomic E-state index is 15.2. The Morgan fingerprint density at radius 3 is 2.12 bits per heavy atom. The number of rotatable bonds is 8. The summed E-state index contributed by atoms with van der Waals surface area (Å²) in [6, 6.07) is 17.6. The Hall–Kier alpha value is -2.66. The van der Waals surface area contributed by atoms with Crippen molar-refractivity contribution in [1.82, 2.24) is 4.98 Å². The second-order valence-electron chi connectivity index (χ2n) is 12.1. The zero-order valence-corrected chi connectivity index (χ0v) is 29.9. The minimum Gasteiger partial charge on any atom is -0.512 e. The number of halogens is 1. The first-order valence-electron chi connectivity index (χ1n) is 14.8. The molecule has 42 heavy (non-hydrogen) atoms. The fourth-order valence-electron chi connectivity index (χ4n) is 5.17. The number of pyridine rings is 1. The number of allylic oxidation sites excluding steroid dienone is 2. The number of aromatic nitrogens is 1. The van der Waals surface area contributed by atoms with Crippen molar-refractivity contribution >= 4 is 40.6 Å². The van der Waals surface area contributed by atoms with Crippen LogP contribution in [0.2, 0.25) is 19.6 Å². The molecule has 1 radical (unpaired) electrons. The normalized spacial score (nSPS) is 12.6. The number of aliphatic hydroxyl groups excluding tert-OH is 1. The first-order chi connectivity index (χ1) is 19.3. The van der Waals surface area contributed by atoms with Crippen molar-refractivity contribution in [2.45, 2.75) is 80.4 Å². The van der Waals surface area contributed by atoms with Crippen molar-refractivity contribution in [2.24, 2.45) is 11.8 Å². The third kappa shape index (κ3) is 8.24. The van der Waals surface area contributed by atoms with Crippen molar-refractivity contribution in [3.05, 3.63) is 83.5 Å². The molecule has 3 nitrogen and oxygen atoms in total. The van der Waals surface area contributed by atoms with Crippen LogP contribution in [0.4, 0.5) is 4.39 Å². The maximum Gasteiger partial charge on any atom is 0.161 e. The van der Waals surface area contributed by atoms with Crippen LogP contribution in [0.3, 0.4) is 0 Å². The molecule has 1 aromatic heterocycles. The van der Waals surface area contributed by atoms with Crippen LogP contribution in [0.15, 0.2) is 60.5 Å². The molecule has 0 aliphatic carbocycles. The van der Waals surface area contributed by atoms with Gasteiger partial charge < -0.3 is 10.1 Å². The Morgan fingerprint density at radius 2 is 1.55 bits per heavy atom. The standard InChI is InChI=1S/C24H23FNSi.C12H22O2.Ir/c1-15-12-16(2)14-17(13-15)24-21-7-6-20-18(19(21)10-11-26-24)8-9-22(23(20)25)27(3,4)5;1-5-9(4)11(13)8-12(14)10(6-2)7-3;/h6-13H,1-5H3;8-10,14H,5-7H2,1-4H3;/q-1;;/b;12-8-;. The molecule has 0 bridgehead atoms. The number of nitrogens with zero attached hydrogens (tertiary/aromatic N) is 1. The molecule has 1 atom stereocenters. The molecule has 3 aromatic carbocycles. The van der Waals surface area contributed by atoms with Gasteiger partial charge in [0.1, 0.15) is 5.82 Å². The first-order valence-corrected chi connectivity index (χ1v) is 18.3. The largest absolute Gasteiger partial charge is 0.512 e. The number of carbonyl (C=O) groups excluding carboxylic acids is 1. The topological polar surface area (TPSA) is 50.2 Å². The molecule has 6 heteroatoms. The number of carbonyl (C=O) groups is 1. The summed E-state index contributed by atoms with van der Waals surface area (Å²) in [5.41, 5.74) is 4.16. The molecule has 0 amide bonds. The van der Waals surface area contributed by atoms with Gasteiger partial charge in [-0.2, -0.15) is 0 Å². The Balaban J connectivity index is 0.000000353. The quantitative estimate of drug-likeness (QED) is 0.0640. The van der Waals surface area contributed by atoms with E-state index in [1.165, 1.54) is 11.6 Å². The minimum absolute atomic E-state index is 0. The monoisotopic (exact) mass is 763 g/mol. The van der Waals surface area contributed by atoms with Crippen LogP contribution in [0, 0.1) is 37.6 Å². The fraction of sp³-hybridized carbons (Fsp3) is 0.389. The van der Waals surface area contributed by atoms with Crippen LogP contribution in [0.5, 0.6) is 0 Å². The Morgan fingerprint density at radius 1 is 0.952 bits per heavy atom. The van der Waals surface area contributed by atoms with Crippen molar-refractivity contribution in [1.29, 1.82) is 0 Å². The van der Waals surface area contributed by atoms with E-state index in [-0.39, 0.29) is 49.3 Å². The third-order valence-corrected chi connectivity index (χ3v) is 9.88. The average molecular weight is 763 g/mol. The fourth-order valence-corrected chi connectivity index (χ4v) is 6.54. The van der Waals surface area contributed by atoms with Crippen LogP contribution >= 0.6 is 0 Å². The molecule has 0 aliphatic heterocycles. The van der Waals surface area contributed by atoms with E-state index < -0.39 is 8.07 Å². The van der Waals surface area contributed by atoms with Gasteiger partial charge in [-0.1, -0.05) is 85.4 Å². The van der Waals surface area contributed by atoms with Gasteiger partial charge in [0.25, 0.3) is 0 Å². The van der Waals surface area contributed by atoms with E-state index in [0.29, 0.717) is 5.39 Å². The Labute approximate surface area is 266 Å². The van der Waals surface area contributed by atoms with Crippen molar-refractivity contribution in [3.8, 4) is 11.3 Å². The van der Waals surface area contributed by atoms with Crippen LogP contribution in [0.1, 0.15) is 58.1 Å². The zero-order chi connectivity index (χ0) is 30.5. The van der Waals surface area contributed by atoms with Gasteiger partial charge in [0, 0.05) is 49.6 Å². The van der Waals surface area contributed by atoms with Crippen molar-refractivity contribution < 1.29 is 34.4 Å². The summed E-state index contributed by atoms with van der Waals surface area (Å²) < 4.78 is 15.2. The van der Waals surface area contributed by atoms with E-state index in [1.54, 1.807) is 0 Å². The summed E-state index contributed by atoms with van der Waals surface area (Å²) in [6.45, 7) is 18.6. The summed E-state index contributed by atoms with van der Waals surface area (Å²) >= 11 is 0. The summed E-state index contributed by atoms with van der Waals surface area (Å²) in [5.74, 6) is 0.386. The molecule has 4 aromatic rings. The molecule has 1 heterocycles. The van der Waals surface area contributed by atoms with Gasteiger partial charge in [-0.15, -0.1) is 34.9 Å². The number of ketones is 1. The van der Waals surface area contributed by atoms with E-state index >= 15 is 4.39 Å². The second-order valence-corrected chi connectivity index (χ2v) is 17.2. The second kappa shape index (κ2) is 15.2. The third-order valence-electron chi connectivity index (χ3n) is 7.88. The Bertz CT molecular complexity index is 1550. The molecule has 0 saturated carbocycles. The molecule has 227 valence electrons. The predicted molar refractivity (Wildman–Crippen MR) is 175 cm³/mol. The van der Waals surface area contributed by atoms with Crippen LogP contribution in [0.25, 0.3) is 32.8 Å². The minimum atomic E-state index is -1.73. The molecule has 4 rings (SSSR count). The van der Waals surface area contributed by atoms with E-state index in [9.17, 15) is 9.90 Å². The maximum atomic E-state index is 15.2. The van der Waals surface area contributed by atoms with Crippen molar-refractivity contribution in [2.75, 3.05) is 0 Å². The number of fused-ring (bicyclic) bond motifs is 3. The average Bonchev–Trinajstić information content (AvgIpc) is 2.92. The summed E-state index contributed by atoms with van der Waals surface area (Å²) in [6.07, 6.45) is 5.81. The van der Waals surface area contributed by atoms with Crippen LogP contribution < -0.4 is 5.19 Å². The molecular weight excluding hydrogens is 718 g/mol. The molecule has 0 aliphatic rings. The SMILES string of the molecule is CCC(C)C(=O)/C=C(\O)C(CC)CC.Cc1[c-]c(-c2nccc3c2ccc2c(F)c([Si](C)(C)C)ccc23)cc(C)c1.[Ir]. The number of hydrogen-bond donors (Lipinski definition) is 1. The smallest absolute Gasteiger partial charge is 0.161 e. The summed E-state index contributed by atoms with van der Waals surface area (Å²) in [4.78, 5) is 16.1. The molecule has 1 N–H and O–H groups in total. The first kappa shape index (κ1) is 35.5. The van der Waals surface area contributed by atoms with Crippen LogP contribution in [-0.4, -0.2) is 23.9 Å². The van der Waals surface area contributed by atoms with Gasteiger partial charge in [0.2, 0.25) is 0 Å².